The second-order valence-electron chi connectivity index (χ2n) is 7.87. The topological polar surface area (TPSA) is 84.9 Å². The normalized spacial score (nSPS) is 16.1. The number of ether oxygens (including phenoxy) is 2. The molecule has 7 nitrogen and oxygen atoms in total. The van der Waals surface area contributed by atoms with Crippen LogP contribution in [0, 0.1) is 0 Å². The quantitative estimate of drug-likeness (QED) is 0.516. The summed E-state index contributed by atoms with van der Waals surface area (Å²) in [7, 11) is -3.90. The highest BCUT2D eigenvalue weighted by Crippen LogP contribution is 2.42. The lowest BCUT2D eigenvalue weighted by Gasteiger charge is -2.27. The molecule has 33 heavy (non-hydrogen) atoms. The molecule has 2 aliphatic rings. The van der Waals surface area contributed by atoms with Gasteiger partial charge in [-0.25, -0.2) is 8.42 Å². The third kappa shape index (κ3) is 4.29. The fraction of sp³-hybridized carbons (Fsp3) is 0.208. The summed E-state index contributed by atoms with van der Waals surface area (Å²) in [6, 6.07) is 16.5. The molecule has 0 spiro atoms. The van der Waals surface area contributed by atoms with Gasteiger partial charge in [0.15, 0.2) is 11.5 Å². The van der Waals surface area contributed by atoms with E-state index in [0.29, 0.717) is 35.3 Å². The Hall–Kier alpha value is -3.07. The van der Waals surface area contributed by atoms with E-state index in [0.717, 1.165) is 19.3 Å². The molecule has 0 unspecified atom stereocenters. The van der Waals surface area contributed by atoms with Gasteiger partial charge in [-0.2, -0.15) is 4.31 Å². The van der Waals surface area contributed by atoms with Crippen molar-refractivity contribution in [1.29, 1.82) is 0 Å². The number of anilines is 1. The second-order valence-corrected chi connectivity index (χ2v) is 10.2. The molecule has 5 rings (SSSR count). The summed E-state index contributed by atoms with van der Waals surface area (Å²) >= 11 is 6.06. The molecule has 0 atom stereocenters. The van der Waals surface area contributed by atoms with E-state index in [9.17, 15) is 13.2 Å². The first-order chi connectivity index (χ1) is 15.9. The van der Waals surface area contributed by atoms with Crippen LogP contribution in [0.1, 0.15) is 29.6 Å². The number of hydrogen-bond donors (Lipinski definition) is 1. The van der Waals surface area contributed by atoms with Crippen molar-refractivity contribution in [3.8, 4) is 23.0 Å². The summed E-state index contributed by atoms with van der Waals surface area (Å²) in [6.07, 6.45) is 2.57. The zero-order chi connectivity index (χ0) is 23.0. The number of fused-ring (bicyclic) bond motifs is 2. The Labute approximate surface area is 196 Å². The number of amides is 1. The minimum Gasteiger partial charge on any atom is -0.456 e. The van der Waals surface area contributed by atoms with E-state index in [1.807, 2.05) is 6.07 Å². The Bertz CT molecular complexity index is 1320. The molecular weight excluding hydrogens is 464 g/mol. The predicted octanol–water partition coefficient (Wildman–Crippen LogP) is 5.66. The highest BCUT2D eigenvalue weighted by molar-refractivity contribution is 7.89. The molecular formula is C24H21ClN2O5S. The lowest BCUT2D eigenvalue weighted by molar-refractivity contribution is 0.102. The number of piperidine rings is 1. The van der Waals surface area contributed by atoms with E-state index >= 15 is 0 Å². The van der Waals surface area contributed by atoms with Crippen LogP contribution in [0.25, 0.3) is 0 Å². The van der Waals surface area contributed by atoms with Gasteiger partial charge in [-0.15, -0.1) is 0 Å². The smallest absolute Gasteiger partial charge is 0.259 e. The summed E-state index contributed by atoms with van der Waals surface area (Å²) in [5.74, 6) is 0.654. The Morgan fingerprint density at radius 1 is 0.939 bits per heavy atom. The first kappa shape index (κ1) is 21.8. The second kappa shape index (κ2) is 8.70. The van der Waals surface area contributed by atoms with E-state index < -0.39 is 15.9 Å². The van der Waals surface area contributed by atoms with Crippen LogP contribution in [0.3, 0.4) is 0 Å². The van der Waals surface area contributed by atoms with Crippen LogP contribution in [0.4, 0.5) is 5.69 Å². The summed E-state index contributed by atoms with van der Waals surface area (Å²) in [5, 5.41) is 3.18. The molecule has 2 aliphatic heterocycles. The number of carbonyl (C=O) groups excluding carboxylic acids is 1. The molecule has 1 N–H and O–H groups in total. The monoisotopic (exact) mass is 484 g/mol. The number of sulfonamides is 1. The third-order valence-corrected chi connectivity index (χ3v) is 7.76. The Morgan fingerprint density at radius 3 is 2.45 bits per heavy atom. The van der Waals surface area contributed by atoms with Crippen molar-refractivity contribution in [1.82, 2.24) is 4.31 Å². The number of para-hydroxylation sites is 1. The van der Waals surface area contributed by atoms with Crippen LogP contribution in [0.15, 0.2) is 65.6 Å². The minimum absolute atomic E-state index is 0.0743. The molecule has 2 heterocycles. The van der Waals surface area contributed by atoms with Crippen molar-refractivity contribution < 1.29 is 22.7 Å². The van der Waals surface area contributed by atoms with Gasteiger partial charge in [-0.05, 0) is 49.2 Å². The average molecular weight is 485 g/mol. The molecule has 1 amide bonds. The maximum absolute atomic E-state index is 13.6. The maximum atomic E-state index is 13.6. The van der Waals surface area contributed by atoms with Gasteiger partial charge in [0, 0.05) is 24.2 Å². The number of carbonyl (C=O) groups is 1. The van der Waals surface area contributed by atoms with Crippen molar-refractivity contribution in [3.05, 3.63) is 71.2 Å². The zero-order valence-corrected chi connectivity index (χ0v) is 19.2. The van der Waals surface area contributed by atoms with E-state index in [-0.39, 0.29) is 22.0 Å². The molecule has 3 aromatic carbocycles. The Balaban J connectivity index is 1.65. The molecule has 0 bridgehead atoms. The molecule has 0 radical (unpaired) electrons. The van der Waals surface area contributed by atoms with Crippen LogP contribution in [0.5, 0.6) is 23.0 Å². The summed E-state index contributed by atoms with van der Waals surface area (Å²) < 4.78 is 40.6. The average Bonchev–Trinajstić information content (AvgIpc) is 2.95. The van der Waals surface area contributed by atoms with E-state index in [4.69, 9.17) is 21.1 Å². The summed E-state index contributed by atoms with van der Waals surface area (Å²) in [4.78, 5) is 12.9. The van der Waals surface area contributed by atoms with Gasteiger partial charge < -0.3 is 14.8 Å². The van der Waals surface area contributed by atoms with E-state index in [1.165, 1.54) is 16.4 Å². The van der Waals surface area contributed by atoms with Crippen LogP contribution in [-0.2, 0) is 10.0 Å². The third-order valence-electron chi connectivity index (χ3n) is 5.60. The fourth-order valence-corrected chi connectivity index (χ4v) is 5.75. The predicted molar refractivity (Wildman–Crippen MR) is 125 cm³/mol. The maximum Gasteiger partial charge on any atom is 0.259 e. The highest BCUT2D eigenvalue weighted by atomic mass is 35.5. The lowest BCUT2D eigenvalue weighted by atomic mass is 10.1. The fourth-order valence-electron chi connectivity index (χ4n) is 3.94. The van der Waals surface area contributed by atoms with Crippen LogP contribution >= 0.6 is 11.6 Å². The number of halogens is 1. The molecule has 0 aliphatic carbocycles. The number of nitrogens with zero attached hydrogens (tertiary/aromatic N) is 1. The number of nitrogens with one attached hydrogen (secondary N) is 1. The highest BCUT2D eigenvalue weighted by Gasteiger charge is 2.33. The van der Waals surface area contributed by atoms with Crippen molar-refractivity contribution >= 4 is 33.2 Å². The van der Waals surface area contributed by atoms with Gasteiger partial charge in [0.25, 0.3) is 5.91 Å². The van der Waals surface area contributed by atoms with Gasteiger partial charge >= 0.3 is 0 Å². The molecule has 3 aromatic rings. The van der Waals surface area contributed by atoms with Gasteiger partial charge in [-0.1, -0.05) is 36.2 Å². The van der Waals surface area contributed by atoms with E-state index in [2.05, 4.69) is 5.32 Å². The van der Waals surface area contributed by atoms with Crippen molar-refractivity contribution in [2.75, 3.05) is 18.4 Å². The molecule has 9 heteroatoms. The molecule has 1 saturated heterocycles. The number of rotatable bonds is 4. The van der Waals surface area contributed by atoms with E-state index in [1.54, 1.807) is 42.5 Å². The minimum atomic E-state index is -3.90. The first-order valence-electron chi connectivity index (χ1n) is 10.6. The Morgan fingerprint density at radius 2 is 1.70 bits per heavy atom. The Kier molecular flexibility index (Phi) is 5.74. The zero-order valence-electron chi connectivity index (χ0n) is 17.6. The molecule has 170 valence electrons. The van der Waals surface area contributed by atoms with Gasteiger partial charge in [0.1, 0.15) is 16.4 Å². The van der Waals surface area contributed by atoms with Gasteiger partial charge in [-0.3, -0.25) is 4.79 Å². The van der Waals surface area contributed by atoms with Crippen molar-refractivity contribution in [3.63, 3.8) is 0 Å². The molecule has 0 aromatic heterocycles. The summed E-state index contributed by atoms with van der Waals surface area (Å²) in [5.41, 5.74) is 0.494. The largest absolute Gasteiger partial charge is 0.456 e. The van der Waals surface area contributed by atoms with Crippen LogP contribution in [-0.4, -0.2) is 31.7 Å². The number of benzene rings is 3. The van der Waals surface area contributed by atoms with Gasteiger partial charge in [0.05, 0.1) is 11.3 Å². The SMILES string of the molecule is O=C1Nc2cc(Cl)ccc2Oc2cc(Oc3ccccc3)c(S(=O)(=O)N3CCCCC3)cc21. The standard InChI is InChI=1S/C24H21ClN2O5S/c25-16-9-10-20-19(13-16)26-24(28)18-14-23(33(29,30)27-11-5-2-6-12-27)22(15-21(18)32-20)31-17-7-3-1-4-8-17/h1,3-4,7-10,13-15H,2,5-6,11-12H2,(H,26,28). The van der Waals surface area contributed by atoms with Crippen molar-refractivity contribution in [2.24, 2.45) is 0 Å². The summed E-state index contributed by atoms with van der Waals surface area (Å²) in [6.45, 7) is 0.855. The van der Waals surface area contributed by atoms with Crippen molar-refractivity contribution in [2.45, 2.75) is 24.2 Å². The first-order valence-corrected chi connectivity index (χ1v) is 12.4. The van der Waals surface area contributed by atoms with Gasteiger partial charge in [0.2, 0.25) is 10.0 Å². The lowest BCUT2D eigenvalue weighted by Crippen LogP contribution is -2.35. The van der Waals surface area contributed by atoms with Crippen LogP contribution in [0.2, 0.25) is 5.02 Å². The number of hydrogen-bond acceptors (Lipinski definition) is 5. The molecule has 0 saturated carbocycles. The molecule has 1 fully saturated rings. The van der Waals surface area contributed by atoms with Crippen LogP contribution < -0.4 is 14.8 Å².